The van der Waals surface area contributed by atoms with Crippen LogP contribution in [0.3, 0.4) is 0 Å². The maximum Gasteiger partial charge on any atom is 0.416 e. The molecule has 0 amide bonds. The molecule has 3 fully saturated rings. The Hall–Kier alpha value is -3.76. The molecule has 3 aliphatic carbocycles. The molecule has 3 aliphatic rings. The van der Waals surface area contributed by atoms with Gasteiger partial charge in [-0.25, -0.2) is 18.7 Å². The second-order valence-corrected chi connectivity index (χ2v) is 9.85. The molecule has 0 saturated heterocycles. The first-order valence-corrected chi connectivity index (χ1v) is 11.9. The summed E-state index contributed by atoms with van der Waals surface area (Å²) in [5, 5.41) is 13.6. The van der Waals surface area contributed by atoms with Crippen LogP contribution in [0.1, 0.15) is 31.2 Å². The lowest BCUT2D eigenvalue weighted by Gasteiger charge is -2.47. The Morgan fingerprint density at radius 1 is 1.00 bits per heavy atom. The third kappa shape index (κ3) is 3.96. The van der Waals surface area contributed by atoms with Gasteiger partial charge in [-0.15, -0.1) is 0 Å². The summed E-state index contributed by atoms with van der Waals surface area (Å²) < 4.78 is 68.8. The van der Waals surface area contributed by atoms with Crippen molar-refractivity contribution in [1.82, 2.24) is 15.0 Å². The lowest BCUT2D eigenvalue weighted by Crippen LogP contribution is -2.51. The van der Waals surface area contributed by atoms with E-state index in [1.54, 1.807) is 0 Å². The van der Waals surface area contributed by atoms with E-state index in [9.17, 15) is 31.9 Å². The number of aromatic nitrogens is 3. The van der Waals surface area contributed by atoms with Gasteiger partial charge in [-0.2, -0.15) is 13.2 Å². The molecule has 3 N–H and O–H groups in total. The first-order valence-electron chi connectivity index (χ1n) is 11.9. The molecule has 7 rings (SSSR count). The van der Waals surface area contributed by atoms with Crippen LogP contribution in [0.5, 0.6) is 0 Å². The summed E-state index contributed by atoms with van der Waals surface area (Å²) in [5.74, 6) is -3.02. The molecule has 0 radical (unpaired) electrons. The highest BCUT2D eigenvalue weighted by Gasteiger charge is 2.47. The second-order valence-electron chi connectivity index (χ2n) is 9.85. The molecule has 37 heavy (non-hydrogen) atoms. The summed E-state index contributed by atoms with van der Waals surface area (Å²) in [6.45, 7) is 0. The van der Waals surface area contributed by atoms with Crippen molar-refractivity contribution < 1.29 is 31.9 Å². The smallest absolute Gasteiger partial charge is 0.416 e. The number of alkyl halides is 3. The molecule has 0 unspecified atom stereocenters. The molecule has 4 aromatic rings. The first-order chi connectivity index (χ1) is 17.6. The number of carboxylic acid groups (broad SMARTS) is 1. The Morgan fingerprint density at radius 2 is 1.73 bits per heavy atom. The van der Waals surface area contributed by atoms with Gasteiger partial charge in [0.1, 0.15) is 17.5 Å². The molecule has 6 nitrogen and oxygen atoms in total. The number of anilines is 1. The van der Waals surface area contributed by atoms with Gasteiger partial charge in [-0.05, 0) is 61.8 Å². The fourth-order valence-corrected chi connectivity index (χ4v) is 6.05. The highest BCUT2D eigenvalue weighted by atomic mass is 19.4. The minimum absolute atomic E-state index is 0.00368. The van der Waals surface area contributed by atoms with Crippen molar-refractivity contribution in [3.8, 4) is 11.4 Å². The van der Waals surface area contributed by atoms with Crippen LogP contribution in [-0.4, -0.2) is 32.1 Å². The van der Waals surface area contributed by atoms with E-state index in [0.717, 1.165) is 49.9 Å². The zero-order valence-corrected chi connectivity index (χ0v) is 19.2. The van der Waals surface area contributed by atoms with Gasteiger partial charge in [0.15, 0.2) is 5.82 Å². The summed E-state index contributed by atoms with van der Waals surface area (Å²) in [4.78, 5) is 23.7. The third-order valence-electron chi connectivity index (χ3n) is 7.78. The van der Waals surface area contributed by atoms with Crippen LogP contribution in [0.25, 0.3) is 33.2 Å². The van der Waals surface area contributed by atoms with Crippen molar-refractivity contribution in [2.45, 2.75) is 37.9 Å². The molecule has 2 atom stereocenters. The predicted octanol–water partition coefficient (Wildman–Crippen LogP) is 6.38. The minimum Gasteiger partial charge on any atom is -0.481 e. The number of carboxylic acids is 1. The van der Waals surface area contributed by atoms with Crippen LogP contribution in [0.4, 0.5) is 27.8 Å². The SMILES string of the molecule is O=C(O)[C@@H]1C2CCC(CC2)[C@H]1Nc1nc(-c2c[nH]c3c(F)cc(F)cc23)nc2cc(C(F)(F)F)ccc12. The van der Waals surface area contributed by atoms with Crippen molar-refractivity contribution in [1.29, 1.82) is 0 Å². The molecule has 0 spiro atoms. The quantitative estimate of drug-likeness (QED) is 0.274. The number of halogens is 5. The number of hydrogen-bond acceptors (Lipinski definition) is 4. The topological polar surface area (TPSA) is 90.9 Å². The second kappa shape index (κ2) is 8.39. The Morgan fingerprint density at radius 3 is 2.43 bits per heavy atom. The molecule has 2 aromatic carbocycles. The molecule has 0 aliphatic heterocycles. The number of hydrogen-bond donors (Lipinski definition) is 3. The van der Waals surface area contributed by atoms with Gasteiger partial charge in [-0.1, -0.05) is 0 Å². The Labute approximate surface area is 206 Å². The van der Waals surface area contributed by atoms with E-state index in [4.69, 9.17) is 0 Å². The van der Waals surface area contributed by atoms with Crippen LogP contribution in [0, 0.1) is 29.4 Å². The van der Waals surface area contributed by atoms with Gasteiger partial charge in [0, 0.05) is 34.6 Å². The number of aliphatic carboxylic acids is 1. The van der Waals surface area contributed by atoms with Crippen molar-refractivity contribution in [3.05, 3.63) is 53.7 Å². The van der Waals surface area contributed by atoms with Gasteiger partial charge in [0.25, 0.3) is 0 Å². The van der Waals surface area contributed by atoms with E-state index in [0.29, 0.717) is 5.39 Å². The van der Waals surface area contributed by atoms with Gasteiger partial charge in [-0.3, -0.25) is 4.79 Å². The molecule has 192 valence electrons. The summed E-state index contributed by atoms with van der Waals surface area (Å²) in [7, 11) is 0. The molecule has 2 bridgehead atoms. The molecular weight excluding hydrogens is 495 g/mol. The van der Waals surface area contributed by atoms with E-state index in [-0.39, 0.29) is 45.5 Å². The average molecular weight is 516 g/mol. The summed E-state index contributed by atoms with van der Waals surface area (Å²) in [5.41, 5.74) is -0.724. The number of nitrogens with zero attached hydrogens (tertiary/aromatic N) is 2. The highest BCUT2D eigenvalue weighted by Crippen LogP contribution is 2.47. The van der Waals surface area contributed by atoms with Crippen LogP contribution < -0.4 is 5.32 Å². The molecule has 3 saturated carbocycles. The molecular formula is C26H21F5N4O2. The largest absolute Gasteiger partial charge is 0.481 e. The predicted molar refractivity (Wildman–Crippen MR) is 126 cm³/mol. The fourth-order valence-electron chi connectivity index (χ4n) is 6.05. The molecule has 2 heterocycles. The number of nitrogens with one attached hydrogen (secondary N) is 2. The number of H-pyrrole nitrogens is 1. The Bertz CT molecular complexity index is 1540. The normalized spacial score (nSPS) is 23.6. The zero-order chi connectivity index (χ0) is 26.1. The summed E-state index contributed by atoms with van der Waals surface area (Å²) in [6, 6.07) is 4.43. The number of benzene rings is 2. The number of fused-ring (bicyclic) bond motifs is 5. The van der Waals surface area contributed by atoms with E-state index in [1.807, 2.05) is 0 Å². The van der Waals surface area contributed by atoms with Crippen LogP contribution >= 0.6 is 0 Å². The average Bonchev–Trinajstić information content (AvgIpc) is 3.27. The van der Waals surface area contributed by atoms with E-state index < -0.39 is 41.3 Å². The molecule has 11 heteroatoms. The fraction of sp³-hybridized carbons (Fsp3) is 0.346. The minimum atomic E-state index is -4.61. The standard InChI is InChI=1S/C26H21F5N4O2/c27-14-8-16-17(10-32-22(16)18(28)9-14)24-33-19-7-13(26(29,30)31)5-6-15(19)23(35-24)34-21-12-3-1-11(2-4-12)20(21)25(36)37/h5-12,20-21,32H,1-4H2,(H,36,37)(H,33,34,35)/t11?,12?,20-,21-/m1/s1. The number of carbonyl (C=O) groups is 1. The van der Waals surface area contributed by atoms with Crippen molar-refractivity contribution in [2.24, 2.45) is 17.8 Å². The number of aromatic amines is 1. The summed E-state index contributed by atoms with van der Waals surface area (Å²) in [6.07, 6.45) is 0.0850. The third-order valence-corrected chi connectivity index (χ3v) is 7.78. The lowest BCUT2D eigenvalue weighted by molar-refractivity contribution is -0.148. The van der Waals surface area contributed by atoms with Crippen LogP contribution in [0.2, 0.25) is 0 Å². The monoisotopic (exact) mass is 516 g/mol. The van der Waals surface area contributed by atoms with Crippen molar-refractivity contribution in [3.63, 3.8) is 0 Å². The first kappa shape index (κ1) is 23.6. The Kier molecular flexibility index (Phi) is 5.36. The van der Waals surface area contributed by atoms with E-state index >= 15 is 0 Å². The van der Waals surface area contributed by atoms with Gasteiger partial charge in [0.05, 0.1) is 22.5 Å². The lowest BCUT2D eigenvalue weighted by atomic mass is 9.61. The van der Waals surface area contributed by atoms with Crippen LogP contribution in [0.15, 0.2) is 36.5 Å². The highest BCUT2D eigenvalue weighted by molar-refractivity contribution is 5.97. The maximum absolute atomic E-state index is 14.3. The van der Waals surface area contributed by atoms with Crippen LogP contribution in [-0.2, 0) is 11.0 Å². The zero-order valence-electron chi connectivity index (χ0n) is 19.2. The van der Waals surface area contributed by atoms with Crippen molar-refractivity contribution >= 4 is 33.6 Å². The summed E-state index contributed by atoms with van der Waals surface area (Å²) >= 11 is 0. The van der Waals surface area contributed by atoms with Gasteiger partial charge >= 0.3 is 12.1 Å². The van der Waals surface area contributed by atoms with E-state index in [2.05, 4.69) is 20.3 Å². The Balaban J connectivity index is 1.53. The van der Waals surface area contributed by atoms with Gasteiger partial charge < -0.3 is 15.4 Å². The van der Waals surface area contributed by atoms with Gasteiger partial charge in [0.2, 0.25) is 0 Å². The number of rotatable bonds is 4. The van der Waals surface area contributed by atoms with Crippen molar-refractivity contribution in [2.75, 3.05) is 5.32 Å². The molecule has 2 aromatic heterocycles. The maximum atomic E-state index is 14.3. The van der Waals surface area contributed by atoms with E-state index in [1.165, 1.54) is 12.3 Å².